The number of carbonyl (C=O) groups is 1. The summed E-state index contributed by atoms with van der Waals surface area (Å²) in [5.41, 5.74) is 11.8. The summed E-state index contributed by atoms with van der Waals surface area (Å²) in [5.74, 6) is 4.96. The first-order valence-corrected chi connectivity index (χ1v) is 4.23. The van der Waals surface area contributed by atoms with Crippen LogP contribution < -0.4 is 22.3 Å². The van der Waals surface area contributed by atoms with Gasteiger partial charge in [0.1, 0.15) is 0 Å². The van der Waals surface area contributed by atoms with Gasteiger partial charge < -0.3 is 11.5 Å². The summed E-state index contributed by atoms with van der Waals surface area (Å²) in [5, 5.41) is 8.06. The number of nitrogens with zero attached hydrogens (tertiary/aromatic N) is 1. The van der Waals surface area contributed by atoms with Gasteiger partial charge in [0.25, 0.3) is 0 Å². The summed E-state index contributed by atoms with van der Waals surface area (Å²) in [6.45, 7) is 1.40. The second kappa shape index (κ2) is 3.97. The van der Waals surface area contributed by atoms with Crippen molar-refractivity contribution in [3.05, 3.63) is 23.8 Å². The number of nitrogens with one attached hydrogen (secondary N) is 1. The molecule has 0 aliphatic heterocycles. The fraction of sp³-hybridized carbons (Fsp3) is 0.111. The lowest BCUT2D eigenvalue weighted by atomic mass is 10.1. The van der Waals surface area contributed by atoms with Gasteiger partial charge in [-0.15, -0.1) is 0 Å². The molecule has 0 aliphatic rings. The molecule has 6 nitrogen and oxygen atoms in total. The Morgan fingerprint density at radius 1 is 1.47 bits per heavy atom. The summed E-state index contributed by atoms with van der Waals surface area (Å²) in [4.78, 5) is 11.3. The van der Waals surface area contributed by atoms with Gasteiger partial charge in [0.05, 0.1) is 11.4 Å². The van der Waals surface area contributed by atoms with Gasteiger partial charge in [0.2, 0.25) is 5.96 Å². The van der Waals surface area contributed by atoms with E-state index in [0.717, 1.165) is 5.01 Å². The van der Waals surface area contributed by atoms with Crippen molar-refractivity contribution in [2.24, 2.45) is 11.6 Å². The van der Waals surface area contributed by atoms with E-state index in [2.05, 4.69) is 0 Å². The number of rotatable bonds is 2. The molecule has 0 heterocycles. The van der Waals surface area contributed by atoms with Crippen LogP contribution in [0.2, 0.25) is 0 Å². The number of guanidine groups is 1. The summed E-state index contributed by atoms with van der Waals surface area (Å²) in [6, 6.07) is 4.81. The van der Waals surface area contributed by atoms with E-state index in [1.54, 1.807) is 18.2 Å². The molecule has 0 bridgehead atoms. The number of nitrogens with two attached hydrogens (primary N) is 3. The highest BCUT2D eigenvalue weighted by Gasteiger charge is 2.16. The van der Waals surface area contributed by atoms with Crippen LogP contribution in [0.25, 0.3) is 0 Å². The molecule has 6 heteroatoms. The van der Waals surface area contributed by atoms with E-state index in [0.29, 0.717) is 11.3 Å². The predicted molar refractivity (Wildman–Crippen MR) is 59.4 cm³/mol. The lowest BCUT2D eigenvalue weighted by molar-refractivity contribution is 0.101. The molecular formula is C9H13N5O. The molecule has 0 atom stereocenters. The van der Waals surface area contributed by atoms with Crippen LogP contribution >= 0.6 is 0 Å². The van der Waals surface area contributed by atoms with Crippen molar-refractivity contribution in [1.29, 1.82) is 5.41 Å². The monoisotopic (exact) mass is 207 g/mol. The van der Waals surface area contributed by atoms with Crippen LogP contribution in [0.4, 0.5) is 11.4 Å². The third-order valence-corrected chi connectivity index (χ3v) is 1.95. The van der Waals surface area contributed by atoms with Crippen molar-refractivity contribution in [3.8, 4) is 0 Å². The zero-order valence-electron chi connectivity index (χ0n) is 8.32. The summed E-state index contributed by atoms with van der Waals surface area (Å²) >= 11 is 0. The van der Waals surface area contributed by atoms with Gasteiger partial charge in [-0.1, -0.05) is 6.07 Å². The molecule has 0 fully saturated rings. The van der Waals surface area contributed by atoms with Gasteiger partial charge in [0.15, 0.2) is 5.78 Å². The first-order chi connectivity index (χ1) is 6.95. The molecule has 1 aromatic carbocycles. The molecule has 0 spiro atoms. The number of hydrogen-bond acceptors (Lipinski definition) is 4. The molecule has 0 radical (unpaired) electrons. The van der Waals surface area contributed by atoms with Crippen molar-refractivity contribution in [2.75, 3.05) is 10.7 Å². The number of para-hydroxylation sites is 1. The van der Waals surface area contributed by atoms with Gasteiger partial charge in [-0.3, -0.25) is 10.2 Å². The number of hydrazine groups is 1. The number of anilines is 2. The van der Waals surface area contributed by atoms with Crippen LogP contribution in [-0.2, 0) is 0 Å². The highest BCUT2D eigenvalue weighted by Crippen LogP contribution is 2.26. The number of carbonyl (C=O) groups excluding carboxylic acids is 1. The second-order valence-electron chi connectivity index (χ2n) is 3.05. The van der Waals surface area contributed by atoms with Crippen molar-refractivity contribution in [2.45, 2.75) is 6.92 Å². The van der Waals surface area contributed by atoms with Crippen LogP contribution in [0.1, 0.15) is 17.3 Å². The Labute approximate surface area is 87.1 Å². The van der Waals surface area contributed by atoms with Gasteiger partial charge in [-0.05, 0) is 19.1 Å². The minimum absolute atomic E-state index is 0.186. The fourth-order valence-corrected chi connectivity index (χ4v) is 1.23. The van der Waals surface area contributed by atoms with Gasteiger partial charge in [-0.25, -0.2) is 10.9 Å². The van der Waals surface area contributed by atoms with E-state index in [1.807, 2.05) is 0 Å². The molecule has 0 saturated heterocycles. The van der Waals surface area contributed by atoms with Crippen LogP contribution in [-0.4, -0.2) is 11.7 Å². The maximum atomic E-state index is 11.3. The van der Waals surface area contributed by atoms with E-state index in [9.17, 15) is 4.79 Å². The zero-order valence-corrected chi connectivity index (χ0v) is 8.32. The number of ketones is 1. The number of hydrogen-bond donors (Lipinski definition) is 4. The number of nitrogen functional groups attached to an aromatic ring is 1. The summed E-state index contributed by atoms with van der Waals surface area (Å²) in [7, 11) is 0. The largest absolute Gasteiger partial charge is 0.397 e. The zero-order chi connectivity index (χ0) is 11.6. The maximum Gasteiger partial charge on any atom is 0.207 e. The fourth-order valence-electron chi connectivity index (χ4n) is 1.23. The predicted octanol–water partition coefficient (Wildman–Crippen LogP) is 0.0450. The third-order valence-electron chi connectivity index (χ3n) is 1.95. The Balaban J connectivity index is 3.37. The van der Waals surface area contributed by atoms with E-state index in [4.69, 9.17) is 22.7 Å². The molecule has 15 heavy (non-hydrogen) atoms. The Hall–Kier alpha value is -2.08. The highest BCUT2D eigenvalue weighted by atomic mass is 16.1. The molecule has 1 aromatic rings. The van der Waals surface area contributed by atoms with Crippen molar-refractivity contribution in [1.82, 2.24) is 0 Å². The number of Topliss-reactive ketones (excluding diaryl/α,β-unsaturated/α-hetero) is 1. The highest BCUT2D eigenvalue weighted by molar-refractivity contribution is 6.07. The second-order valence-corrected chi connectivity index (χ2v) is 3.05. The normalized spacial score (nSPS) is 9.73. The average molecular weight is 207 g/mol. The SMILES string of the molecule is CC(=O)c1cccc(N)c1N(N)C(=N)N. The molecular weight excluding hydrogens is 194 g/mol. The van der Waals surface area contributed by atoms with Crippen molar-refractivity contribution in [3.63, 3.8) is 0 Å². The van der Waals surface area contributed by atoms with E-state index >= 15 is 0 Å². The minimum atomic E-state index is -0.379. The molecule has 0 unspecified atom stereocenters. The van der Waals surface area contributed by atoms with Crippen molar-refractivity contribution < 1.29 is 4.79 Å². The lowest BCUT2D eigenvalue weighted by Gasteiger charge is -2.20. The molecule has 0 aromatic heterocycles. The topological polar surface area (TPSA) is 122 Å². The average Bonchev–Trinajstić information content (AvgIpc) is 2.16. The van der Waals surface area contributed by atoms with Crippen LogP contribution in [0, 0.1) is 5.41 Å². The quantitative estimate of drug-likeness (QED) is 0.136. The van der Waals surface area contributed by atoms with Crippen LogP contribution in [0.15, 0.2) is 18.2 Å². The van der Waals surface area contributed by atoms with Gasteiger partial charge >= 0.3 is 0 Å². The number of benzene rings is 1. The molecule has 1 rings (SSSR count). The summed E-state index contributed by atoms with van der Waals surface area (Å²) < 4.78 is 0. The summed E-state index contributed by atoms with van der Waals surface area (Å²) in [6.07, 6.45) is 0. The standard InChI is InChI=1S/C9H13N5O/c1-5(15)6-3-2-4-7(10)8(6)14(13)9(11)12/h2-4H,10,13H2,1H3,(H3,11,12). The smallest absolute Gasteiger partial charge is 0.207 e. The van der Waals surface area contributed by atoms with Crippen LogP contribution in [0.3, 0.4) is 0 Å². The van der Waals surface area contributed by atoms with E-state index in [-0.39, 0.29) is 17.4 Å². The van der Waals surface area contributed by atoms with Gasteiger partial charge in [-0.2, -0.15) is 0 Å². The molecule has 0 aliphatic carbocycles. The lowest BCUT2D eigenvalue weighted by Crippen LogP contribution is -2.43. The third kappa shape index (κ3) is 2.05. The first-order valence-electron chi connectivity index (χ1n) is 4.23. The van der Waals surface area contributed by atoms with Crippen LogP contribution in [0.5, 0.6) is 0 Å². The van der Waals surface area contributed by atoms with Gasteiger partial charge in [0, 0.05) is 5.56 Å². The Morgan fingerprint density at radius 2 is 2.07 bits per heavy atom. The minimum Gasteiger partial charge on any atom is -0.397 e. The Bertz CT molecular complexity index is 415. The molecule has 80 valence electrons. The first kappa shape index (κ1) is 11.0. The maximum absolute atomic E-state index is 11.3. The Morgan fingerprint density at radius 3 is 2.53 bits per heavy atom. The van der Waals surface area contributed by atoms with Crippen molar-refractivity contribution >= 4 is 23.1 Å². The Kier molecular flexibility index (Phi) is 2.91. The molecule has 0 amide bonds. The molecule has 0 saturated carbocycles. The molecule has 7 N–H and O–H groups in total. The van der Waals surface area contributed by atoms with E-state index in [1.165, 1.54) is 6.92 Å². The van der Waals surface area contributed by atoms with E-state index < -0.39 is 0 Å².